The van der Waals surface area contributed by atoms with Crippen LogP contribution in [0.2, 0.25) is 0 Å². The highest BCUT2D eigenvalue weighted by Gasteiger charge is 2.21. The SMILES string of the molecule is CC(O)(CO)CNC(=O)c1ccc(Br)cc1F. The van der Waals surface area contributed by atoms with Crippen LogP contribution in [0.4, 0.5) is 4.39 Å². The number of rotatable bonds is 4. The summed E-state index contributed by atoms with van der Waals surface area (Å²) in [4.78, 5) is 11.6. The second-order valence-electron chi connectivity index (χ2n) is 3.96. The van der Waals surface area contributed by atoms with Crippen molar-refractivity contribution < 1.29 is 19.4 Å². The van der Waals surface area contributed by atoms with Gasteiger partial charge in [0.25, 0.3) is 5.91 Å². The molecule has 4 nitrogen and oxygen atoms in total. The molecule has 1 aromatic rings. The second-order valence-corrected chi connectivity index (χ2v) is 4.88. The van der Waals surface area contributed by atoms with E-state index in [2.05, 4.69) is 21.2 Å². The van der Waals surface area contributed by atoms with Gasteiger partial charge in [-0.25, -0.2) is 4.39 Å². The van der Waals surface area contributed by atoms with E-state index in [4.69, 9.17) is 5.11 Å². The van der Waals surface area contributed by atoms with Gasteiger partial charge in [-0.15, -0.1) is 0 Å². The molecule has 94 valence electrons. The van der Waals surface area contributed by atoms with Crippen molar-refractivity contribution in [2.45, 2.75) is 12.5 Å². The molecule has 0 aliphatic rings. The molecule has 0 spiro atoms. The Balaban J connectivity index is 2.71. The van der Waals surface area contributed by atoms with Gasteiger partial charge in [-0.1, -0.05) is 15.9 Å². The van der Waals surface area contributed by atoms with Crippen molar-refractivity contribution >= 4 is 21.8 Å². The summed E-state index contributed by atoms with van der Waals surface area (Å²) < 4.78 is 13.9. The second kappa shape index (κ2) is 5.57. The summed E-state index contributed by atoms with van der Waals surface area (Å²) in [5.74, 6) is -1.29. The van der Waals surface area contributed by atoms with Gasteiger partial charge in [-0.3, -0.25) is 4.79 Å². The third kappa shape index (κ3) is 4.07. The first-order valence-corrected chi connectivity index (χ1v) is 5.71. The average molecular weight is 306 g/mol. The Morgan fingerprint density at radius 3 is 2.76 bits per heavy atom. The zero-order valence-electron chi connectivity index (χ0n) is 9.20. The van der Waals surface area contributed by atoms with Gasteiger partial charge in [0.2, 0.25) is 0 Å². The summed E-state index contributed by atoms with van der Waals surface area (Å²) in [6.07, 6.45) is 0. The van der Waals surface area contributed by atoms with Gasteiger partial charge < -0.3 is 15.5 Å². The number of amides is 1. The topological polar surface area (TPSA) is 69.6 Å². The van der Waals surface area contributed by atoms with Crippen LogP contribution in [0.5, 0.6) is 0 Å². The normalized spacial score (nSPS) is 14.2. The maximum absolute atomic E-state index is 13.4. The number of benzene rings is 1. The lowest BCUT2D eigenvalue weighted by Gasteiger charge is -2.20. The largest absolute Gasteiger partial charge is 0.393 e. The van der Waals surface area contributed by atoms with Crippen LogP contribution in [0.1, 0.15) is 17.3 Å². The fourth-order valence-electron chi connectivity index (χ4n) is 1.10. The van der Waals surface area contributed by atoms with Crippen molar-refractivity contribution in [2.24, 2.45) is 0 Å². The minimum absolute atomic E-state index is 0.109. The maximum Gasteiger partial charge on any atom is 0.254 e. The number of carbonyl (C=O) groups excluding carboxylic acids is 1. The number of nitrogens with one attached hydrogen (secondary N) is 1. The number of halogens is 2. The van der Waals surface area contributed by atoms with Crippen LogP contribution in [0.15, 0.2) is 22.7 Å². The van der Waals surface area contributed by atoms with Gasteiger partial charge in [-0.05, 0) is 25.1 Å². The van der Waals surface area contributed by atoms with Crippen LogP contribution in [0, 0.1) is 5.82 Å². The monoisotopic (exact) mass is 305 g/mol. The van der Waals surface area contributed by atoms with E-state index in [9.17, 15) is 14.3 Å². The molecule has 0 fully saturated rings. The first-order valence-electron chi connectivity index (χ1n) is 4.92. The number of hydrogen-bond acceptors (Lipinski definition) is 3. The van der Waals surface area contributed by atoms with Gasteiger partial charge in [0.15, 0.2) is 0 Å². The molecule has 0 heterocycles. The van der Waals surface area contributed by atoms with Crippen LogP contribution >= 0.6 is 15.9 Å². The Hall–Kier alpha value is -0.980. The van der Waals surface area contributed by atoms with Crippen LogP contribution in [-0.2, 0) is 0 Å². The summed E-state index contributed by atoms with van der Waals surface area (Å²) in [5, 5.41) is 20.6. The van der Waals surface area contributed by atoms with Crippen molar-refractivity contribution in [1.82, 2.24) is 5.32 Å². The summed E-state index contributed by atoms with van der Waals surface area (Å²) in [7, 11) is 0. The van der Waals surface area contributed by atoms with Crippen LogP contribution < -0.4 is 5.32 Å². The van der Waals surface area contributed by atoms with E-state index in [1.807, 2.05) is 0 Å². The summed E-state index contributed by atoms with van der Waals surface area (Å²) >= 11 is 3.08. The standard InChI is InChI=1S/C11H13BrFNO3/c1-11(17,6-15)5-14-10(16)8-3-2-7(12)4-9(8)13/h2-4,15,17H,5-6H2,1H3,(H,14,16). The van der Waals surface area contributed by atoms with Crippen molar-refractivity contribution in [3.05, 3.63) is 34.1 Å². The molecule has 1 atom stereocenters. The first kappa shape index (κ1) is 14.1. The van der Waals surface area contributed by atoms with Gasteiger partial charge in [0.05, 0.1) is 12.2 Å². The first-order chi connectivity index (χ1) is 7.85. The van der Waals surface area contributed by atoms with E-state index < -0.39 is 23.9 Å². The third-order valence-corrected chi connectivity index (χ3v) is 2.64. The highest BCUT2D eigenvalue weighted by molar-refractivity contribution is 9.10. The Labute approximate surface area is 107 Å². The predicted octanol–water partition coefficient (Wildman–Crippen LogP) is 1.06. The van der Waals surface area contributed by atoms with Gasteiger partial charge in [-0.2, -0.15) is 0 Å². The fraction of sp³-hybridized carbons (Fsp3) is 0.364. The molecule has 1 rings (SSSR count). The molecule has 3 N–H and O–H groups in total. The third-order valence-electron chi connectivity index (χ3n) is 2.15. The van der Waals surface area contributed by atoms with Gasteiger partial charge >= 0.3 is 0 Å². The van der Waals surface area contributed by atoms with E-state index in [1.54, 1.807) is 6.07 Å². The fourth-order valence-corrected chi connectivity index (χ4v) is 1.43. The molecule has 0 saturated heterocycles. The molecule has 6 heteroatoms. The van der Waals surface area contributed by atoms with Gasteiger partial charge in [0.1, 0.15) is 11.4 Å². The molecule has 0 aliphatic heterocycles. The molecule has 1 unspecified atom stereocenters. The van der Waals surface area contributed by atoms with E-state index >= 15 is 0 Å². The number of carbonyl (C=O) groups is 1. The van der Waals surface area contributed by atoms with Crippen LogP contribution in [-0.4, -0.2) is 34.9 Å². The van der Waals surface area contributed by atoms with Crippen molar-refractivity contribution in [1.29, 1.82) is 0 Å². The van der Waals surface area contributed by atoms with Crippen molar-refractivity contribution in [2.75, 3.05) is 13.2 Å². The summed E-state index contributed by atoms with van der Waals surface area (Å²) in [6, 6.07) is 4.06. The molecule has 0 radical (unpaired) electrons. The van der Waals surface area contributed by atoms with Gasteiger partial charge in [0, 0.05) is 11.0 Å². The van der Waals surface area contributed by atoms with E-state index in [1.165, 1.54) is 19.1 Å². The Morgan fingerprint density at radius 2 is 2.24 bits per heavy atom. The van der Waals surface area contributed by atoms with E-state index in [0.717, 1.165) is 0 Å². The van der Waals surface area contributed by atoms with Crippen molar-refractivity contribution in [3.63, 3.8) is 0 Å². The number of hydrogen-bond donors (Lipinski definition) is 3. The predicted molar refractivity (Wildman–Crippen MR) is 64.1 cm³/mol. The minimum Gasteiger partial charge on any atom is -0.393 e. The molecular weight excluding hydrogens is 293 g/mol. The molecule has 1 amide bonds. The van der Waals surface area contributed by atoms with Crippen LogP contribution in [0.25, 0.3) is 0 Å². The van der Waals surface area contributed by atoms with E-state index in [-0.39, 0.29) is 12.1 Å². The molecular formula is C11H13BrFNO3. The highest BCUT2D eigenvalue weighted by Crippen LogP contribution is 2.15. The molecule has 0 bridgehead atoms. The Morgan fingerprint density at radius 1 is 1.59 bits per heavy atom. The van der Waals surface area contributed by atoms with Crippen LogP contribution in [0.3, 0.4) is 0 Å². The number of aliphatic hydroxyl groups excluding tert-OH is 1. The maximum atomic E-state index is 13.4. The molecule has 1 aromatic carbocycles. The summed E-state index contributed by atoms with van der Waals surface area (Å²) in [6.45, 7) is 0.721. The zero-order chi connectivity index (χ0) is 13.1. The summed E-state index contributed by atoms with van der Waals surface area (Å²) in [5.41, 5.74) is -1.52. The lowest BCUT2D eigenvalue weighted by molar-refractivity contribution is 0.00317. The Kier molecular flexibility index (Phi) is 4.62. The molecule has 0 aromatic heterocycles. The lowest BCUT2D eigenvalue weighted by atomic mass is 10.1. The number of aliphatic hydroxyl groups is 2. The van der Waals surface area contributed by atoms with Crippen molar-refractivity contribution in [3.8, 4) is 0 Å². The molecule has 17 heavy (non-hydrogen) atoms. The highest BCUT2D eigenvalue weighted by atomic mass is 79.9. The molecule has 0 saturated carbocycles. The average Bonchev–Trinajstić information content (AvgIpc) is 2.26. The molecule has 0 aliphatic carbocycles. The smallest absolute Gasteiger partial charge is 0.254 e. The zero-order valence-corrected chi connectivity index (χ0v) is 10.8. The quantitative estimate of drug-likeness (QED) is 0.779. The van der Waals surface area contributed by atoms with E-state index in [0.29, 0.717) is 4.47 Å². The Bertz CT molecular complexity index is 423. The lowest BCUT2D eigenvalue weighted by Crippen LogP contribution is -2.43. The minimum atomic E-state index is -1.42.